The third-order valence-corrected chi connectivity index (χ3v) is 8.75. The molecule has 1 aliphatic heterocycles. The van der Waals surface area contributed by atoms with Crippen molar-refractivity contribution in [3.63, 3.8) is 0 Å². The number of pyridine rings is 1. The third-order valence-electron chi connectivity index (χ3n) is 8.75. The highest BCUT2D eigenvalue weighted by Crippen LogP contribution is 2.37. The summed E-state index contributed by atoms with van der Waals surface area (Å²) < 4.78 is 16.6. The van der Waals surface area contributed by atoms with E-state index in [9.17, 15) is 28.7 Å². The molecule has 6 rings (SSSR count). The van der Waals surface area contributed by atoms with Crippen molar-refractivity contribution in [2.24, 2.45) is 13.0 Å². The first kappa shape index (κ1) is 32.1. The van der Waals surface area contributed by atoms with Crippen molar-refractivity contribution in [1.82, 2.24) is 24.1 Å². The van der Waals surface area contributed by atoms with Gasteiger partial charge in [-0.2, -0.15) is 5.10 Å². The molecule has 48 heavy (non-hydrogen) atoms. The van der Waals surface area contributed by atoms with E-state index in [0.717, 1.165) is 41.8 Å². The minimum absolute atomic E-state index is 0.0516. The van der Waals surface area contributed by atoms with Gasteiger partial charge in [0.15, 0.2) is 5.82 Å². The summed E-state index contributed by atoms with van der Waals surface area (Å²) in [6.07, 6.45) is 4.16. The van der Waals surface area contributed by atoms with Gasteiger partial charge in [0.05, 0.1) is 5.56 Å². The fraction of sp³-hybridized carbons (Fsp3) is 0.257. The van der Waals surface area contributed by atoms with E-state index >= 15 is 0 Å². The van der Waals surface area contributed by atoms with E-state index in [4.69, 9.17) is 5.73 Å². The Morgan fingerprint density at radius 3 is 2.29 bits per heavy atom. The van der Waals surface area contributed by atoms with Crippen LogP contribution in [0.25, 0.3) is 27.8 Å². The Balaban J connectivity index is 1.28. The Morgan fingerprint density at radius 1 is 1.02 bits per heavy atom. The van der Waals surface area contributed by atoms with E-state index in [1.165, 1.54) is 36.3 Å². The minimum Gasteiger partial charge on any atom is -0.477 e. The van der Waals surface area contributed by atoms with E-state index < -0.39 is 23.1 Å². The van der Waals surface area contributed by atoms with Crippen molar-refractivity contribution in [2.75, 3.05) is 24.1 Å². The fourth-order valence-electron chi connectivity index (χ4n) is 6.33. The smallest absolute Gasteiger partial charge is 0.353 e. The molecular formula is C35H34FN7O5. The number of fused-ring (bicyclic) bond motifs is 1. The normalized spacial score (nSPS) is 13.6. The Morgan fingerprint density at radius 2 is 1.67 bits per heavy atom. The molecule has 1 fully saturated rings. The molecule has 12 nitrogen and oxygen atoms in total. The molecule has 3 aromatic heterocycles. The van der Waals surface area contributed by atoms with Crippen LogP contribution < -0.4 is 16.5 Å². The highest BCUT2D eigenvalue weighted by Gasteiger charge is 2.29. The average Bonchev–Trinajstić information content (AvgIpc) is 3.46. The van der Waals surface area contributed by atoms with E-state index in [-0.39, 0.29) is 40.1 Å². The molecule has 1 saturated heterocycles. The van der Waals surface area contributed by atoms with Crippen LogP contribution in [0.2, 0.25) is 0 Å². The van der Waals surface area contributed by atoms with Crippen LogP contribution in [0.1, 0.15) is 59.1 Å². The number of hydrogen-bond acceptors (Lipinski definition) is 7. The van der Waals surface area contributed by atoms with Gasteiger partial charge in [-0.15, -0.1) is 0 Å². The number of piperidine rings is 1. The van der Waals surface area contributed by atoms with Gasteiger partial charge in [-0.3, -0.25) is 14.4 Å². The van der Waals surface area contributed by atoms with Crippen LogP contribution in [0, 0.1) is 11.7 Å². The molecule has 0 saturated carbocycles. The molecule has 2 aromatic carbocycles. The number of halogens is 1. The monoisotopic (exact) mass is 651 g/mol. The number of carboxylic acid groups (broad SMARTS) is 1. The summed E-state index contributed by atoms with van der Waals surface area (Å²) in [4.78, 5) is 57.6. The van der Waals surface area contributed by atoms with Gasteiger partial charge < -0.3 is 25.6 Å². The zero-order chi connectivity index (χ0) is 34.3. The molecule has 5 aromatic rings. The number of aromatic carboxylic acids is 1. The molecule has 1 aliphatic rings. The second kappa shape index (κ2) is 12.7. The number of likely N-dealkylation sites (tertiary alicyclic amines) is 1. The number of nitrogens with zero attached hydrogens (tertiary/aromatic N) is 5. The van der Waals surface area contributed by atoms with Crippen molar-refractivity contribution in [3.8, 4) is 22.3 Å². The van der Waals surface area contributed by atoms with Gasteiger partial charge in [-0.1, -0.05) is 38.1 Å². The van der Waals surface area contributed by atoms with E-state index in [0.29, 0.717) is 30.1 Å². The molecule has 0 unspecified atom stereocenters. The molecule has 4 N–H and O–H groups in total. The van der Waals surface area contributed by atoms with Crippen molar-refractivity contribution in [2.45, 2.75) is 32.6 Å². The molecule has 0 bridgehead atoms. The molecule has 2 amide bonds. The second-order valence-corrected chi connectivity index (χ2v) is 12.2. The number of carbonyl (C=O) groups is 3. The number of carbonyl (C=O) groups excluding carboxylic acids is 2. The maximum atomic E-state index is 13.6. The summed E-state index contributed by atoms with van der Waals surface area (Å²) in [7, 11) is 1.42. The zero-order valence-corrected chi connectivity index (χ0v) is 26.6. The molecule has 0 spiro atoms. The first-order valence-corrected chi connectivity index (χ1v) is 15.5. The topological polar surface area (TPSA) is 165 Å². The maximum Gasteiger partial charge on any atom is 0.353 e. The Kier molecular flexibility index (Phi) is 8.52. The first-order valence-electron chi connectivity index (χ1n) is 15.5. The van der Waals surface area contributed by atoms with Gasteiger partial charge in [-0.05, 0) is 54.3 Å². The minimum atomic E-state index is -1.37. The zero-order valence-electron chi connectivity index (χ0n) is 26.6. The van der Waals surface area contributed by atoms with Crippen molar-refractivity contribution < 1.29 is 23.9 Å². The maximum absolute atomic E-state index is 13.6. The number of nitrogen functional groups attached to an aromatic ring is 1. The van der Waals surface area contributed by atoms with Gasteiger partial charge in [0.2, 0.25) is 11.3 Å². The van der Waals surface area contributed by atoms with E-state index in [1.807, 2.05) is 29.3 Å². The summed E-state index contributed by atoms with van der Waals surface area (Å²) in [6, 6.07) is 13.8. The highest BCUT2D eigenvalue weighted by molar-refractivity contribution is 6.06. The van der Waals surface area contributed by atoms with Crippen LogP contribution in [0.15, 0.2) is 71.9 Å². The SMILES string of the molecule is CC(C)C(=O)N1CCC(c2cc(-c3ccc(NC(=O)c4cn(C)c(C(=O)O)c(-c5ccc(F)cc5)c4=O)cc3)c3c(N)ncnn23)CC1. The lowest BCUT2D eigenvalue weighted by Gasteiger charge is -2.33. The van der Waals surface area contributed by atoms with Crippen LogP contribution in [0.3, 0.4) is 0 Å². The Labute approximate surface area is 274 Å². The van der Waals surface area contributed by atoms with Crippen LogP contribution in [0.5, 0.6) is 0 Å². The first-order chi connectivity index (χ1) is 22.9. The summed E-state index contributed by atoms with van der Waals surface area (Å²) in [5, 5.41) is 17.0. The predicted octanol–water partition coefficient (Wildman–Crippen LogP) is 4.80. The summed E-state index contributed by atoms with van der Waals surface area (Å²) in [6.45, 7) is 5.13. The number of anilines is 2. The van der Waals surface area contributed by atoms with Gasteiger partial charge >= 0.3 is 5.97 Å². The molecule has 13 heteroatoms. The number of rotatable bonds is 7. The number of carboxylic acids is 1. The van der Waals surface area contributed by atoms with Crippen LogP contribution in [0.4, 0.5) is 15.9 Å². The predicted molar refractivity (Wildman–Crippen MR) is 178 cm³/mol. The molecule has 0 atom stereocenters. The number of nitrogens with two attached hydrogens (primary N) is 1. The summed E-state index contributed by atoms with van der Waals surface area (Å²) in [5.41, 5.74) is 8.51. The highest BCUT2D eigenvalue weighted by atomic mass is 19.1. The summed E-state index contributed by atoms with van der Waals surface area (Å²) >= 11 is 0. The van der Waals surface area contributed by atoms with Crippen molar-refractivity contribution in [1.29, 1.82) is 0 Å². The lowest BCUT2D eigenvalue weighted by molar-refractivity contribution is -0.135. The van der Waals surface area contributed by atoms with Gasteiger partial charge in [0.25, 0.3) is 5.91 Å². The lowest BCUT2D eigenvalue weighted by atomic mass is 9.92. The lowest BCUT2D eigenvalue weighted by Crippen LogP contribution is -2.40. The van der Waals surface area contributed by atoms with E-state index in [2.05, 4.69) is 15.4 Å². The molecule has 0 aliphatic carbocycles. The molecular weight excluding hydrogens is 617 g/mol. The van der Waals surface area contributed by atoms with Crippen LogP contribution in [-0.2, 0) is 11.8 Å². The number of aromatic nitrogens is 4. The van der Waals surface area contributed by atoms with Crippen LogP contribution in [-0.4, -0.2) is 60.0 Å². The average molecular weight is 652 g/mol. The third kappa shape index (κ3) is 5.90. The van der Waals surface area contributed by atoms with Gasteiger partial charge in [-0.25, -0.2) is 18.7 Å². The second-order valence-electron chi connectivity index (χ2n) is 12.2. The quantitative estimate of drug-likeness (QED) is 0.226. The summed E-state index contributed by atoms with van der Waals surface area (Å²) in [5.74, 6) is -2.08. The van der Waals surface area contributed by atoms with E-state index in [1.54, 1.807) is 24.3 Å². The molecule has 4 heterocycles. The van der Waals surface area contributed by atoms with Gasteiger partial charge in [0, 0.05) is 55.1 Å². The van der Waals surface area contributed by atoms with Crippen molar-refractivity contribution in [3.05, 3.63) is 100 Å². The van der Waals surface area contributed by atoms with Crippen LogP contribution >= 0.6 is 0 Å². The number of amides is 2. The Bertz CT molecular complexity index is 2110. The molecule has 0 radical (unpaired) electrons. The van der Waals surface area contributed by atoms with Crippen molar-refractivity contribution >= 4 is 34.8 Å². The molecule has 246 valence electrons. The standard InChI is InChI=1S/C35H34FN7O5/c1-19(2)34(46)42-14-12-21(13-15-42)27-16-25(29-32(37)38-18-39-43(27)29)20-6-10-24(11-7-20)40-33(45)26-17-41(3)30(35(47)48)28(31(26)44)22-4-8-23(36)9-5-22/h4-11,16-19,21H,12-15H2,1-3H3,(H,40,45)(H,47,48)(H2,37,38,39). The number of hydrogen-bond donors (Lipinski definition) is 3. The van der Waals surface area contributed by atoms with Gasteiger partial charge in [0.1, 0.15) is 28.9 Å². The number of nitrogens with one attached hydrogen (secondary N) is 1. The number of benzene rings is 2. The largest absolute Gasteiger partial charge is 0.477 e. The Hall–Kier alpha value is -5.85. The number of aryl methyl sites for hydroxylation is 1. The fourth-order valence-corrected chi connectivity index (χ4v) is 6.33.